The maximum absolute atomic E-state index is 14.8. The maximum atomic E-state index is 14.8. The number of benzene rings is 3. The largest absolute Gasteiger partial charge is 0.329 e. The van der Waals surface area contributed by atoms with Crippen molar-refractivity contribution >= 4 is 27.7 Å². The second kappa shape index (κ2) is 8.12. The Morgan fingerprint density at radius 1 is 1.00 bits per heavy atom. The lowest BCUT2D eigenvalue weighted by molar-refractivity contribution is 0.0704. The van der Waals surface area contributed by atoms with Gasteiger partial charge in [0.1, 0.15) is 17.5 Å². The molecule has 7 nitrogen and oxygen atoms in total. The van der Waals surface area contributed by atoms with Crippen LogP contribution in [0, 0.1) is 11.6 Å². The SMILES string of the molecule is O=C(c1cc(Cc2n[nH]c(=O)c3ccccc23)ccc1F)N1CCn2c(nc3ccc(F)cc32)C1. The number of amides is 1. The molecule has 0 spiro atoms. The number of carbonyl (C=O) groups excluding carboxylic acids is 1. The van der Waals surface area contributed by atoms with Crippen LogP contribution in [0.3, 0.4) is 0 Å². The van der Waals surface area contributed by atoms with Crippen LogP contribution in [0.2, 0.25) is 0 Å². The fourth-order valence-electron chi connectivity index (χ4n) is 4.68. The van der Waals surface area contributed by atoms with E-state index < -0.39 is 11.7 Å². The summed E-state index contributed by atoms with van der Waals surface area (Å²) in [5.41, 5.74) is 2.35. The molecule has 174 valence electrons. The molecule has 0 bridgehead atoms. The minimum atomic E-state index is -0.612. The van der Waals surface area contributed by atoms with E-state index in [4.69, 9.17) is 0 Å². The Kier molecular flexibility index (Phi) is 4.91. The zero-order valence-electron chi connectivity index (χ0n) is 18.5. The van der Waals surface area contributed by atoms with Crippen molar-refractivity contribution in [3.63, 3.8) is 0 Å². The summed E-state index contributed by atoms with van der Waals surface area (Å²) in [4.78, 5) is 31.4. The van der Waals surface area contributed by atoms with E-state index in [1.165, 1.54) is 24.3 Å². The Morgan fingerprint density at radius 2 is 1.83 bits per heavy atom. The molecule has 35 heavy (non-hydrogen) atoms. The van der Waals surface area contributed by atoms with Gasteiger partial charge in [-0.1, -0.05) is 24.3 Å². The Balaban J connectivity index is 1.30. The van der Waals surface area contributed by atoms with E-state index in [1.807, 2.05) is 16.7 Å². The summed E-state index contributed by atoms with van der Waals surface area (Å²) in [5.74, 6) is -0.764. The van der Waals surface area contributed by atoms with Gasteiger partial charge in [0.05, 0.1) is 34.2 Å². The number of imidazole rings is 1. The topological polar surface area (TPSA) is 83.9 Å². The first-order chi connectivity index (χ1) is 17.0. The molecule has 0 unspecified atom stereocenters. The van der Waals surface area contributed by atoms with Gasteiger partial charge >= 0.3 is 0 Å². The highest BCUT2D eigenvalue weighted by atomic mass is 19.1. The molecule has 0 radical (unpaired) electrons. The lowest BCUT2D eigenvalue weighted by Gasteiger charge is -2.28. The Labute approximate surface area is 197 Å². The Morgan fingerprint density at radius 3 is 2.69 bits per heavy atom. The van der Waals surface area contributed by atoms with Crippen LogP contribution < -0.4 is 5.56 Å². The molecule has 3 aromatic carbocycles. The van der Waals surface area contributed by atoms with E-state index in [2.05, 4.69) is 15.2 Å². The van der Waals surface area contributed by atoms with Crippen LogP contribution in [0.4, 0.5) is 8.78 Å². The van der Waals surface area contributed by atoms with Gasteiger partial charge in [-0.2, -0.15) is 5.10 Å². The van der Waals surface area contributed by atoms with Crippen LogP contribution in [-0.4, -0.2) is 37.1 Å². The van der Waals surface area contributed by atoms with E-state index in [0.717, 1.165) is 0 Å². The number of carbonyl (C=O) groups is 1. The van der Waals surface area contributed by atoms with Gasteiger partial charge in [-0.25, -0.2) is 18.9 Å². The van der Waals surface area contributed by atoms with Crippen molar-refractivity contribution in [1.29, 1.82) is 0 Å². The number of fused-ring (bicyclic) bond motifs is 4. The molecular formula is C26H19F2N5O2. The van der Waals surface area contributed by atoms with Crippen molar-refractivity contribution in [2.75, 3.05) is 6.54 Å². The van der Waals surface area contributed by atoms with Crippen LogP contribution in [0.15, 0.2) is 65.5 Å². The van der Waals surface area contributed by atoms with Crippen molar-refractivity contribution in [2.45, 2.75) is 19.5 Å². The van der Waals surface area contributed by atoms with Crippen molar-refractivity contribution in [3.8, 4) is 0 Å². The molecule has 0 fully saturated rings. The zero-order valence-corrected chi connectivity index (χ0v) is 18.5. The number of nitrogens with zero attached hydrogens (tertiary/aromatic N) is 4. The van der Waals surface area contributed by atoms with E-state index in [1.54, 1.807) is 29.2 Å². The molecule has 1 N–H and O–H groups in total. The van der Waals surface area contributed by atoms with Crippen LogP contribution in [-0.2, 0) is 19.5 Å². The molecule has 0 saturated heterocycles. The molecule has 2 aromatic heterocycles. The molecule has 0 saturated carbocycles. The van der Waals surface area contributed by atoms with E-state index in [-0.39, 0.29) is 23.5 Å². The number of nitrogens with one attached hydrogen (secondary N) is 1. The van der Waals surface area contributed by atoms with E-state index in [0.29, 0.717) is 58.4 Å². The number of hydrogen-bond donors (Lipinski definition) is 1. The Bertz CT molecular complexity index is 1690. The van der Waals surface area contributed by atoms with Crippen molar-refractivity contribution in [3.05, 3.63) is 105 Å². The average molecular weight is 471 g/mol. The van der Waals surface area contributed by atoms with Gasteiger partial charge in [0.15, 0.2) is 0 Å². The molecule has 1 amide bonds. The number of aromatic amines is 1. The van der Waals surface area contributed by atoms with Gasteiger partial charge in [-0.3, -0.25) is 9.59 Å². The molecule has 0 aliphatic carbocycles. The van der Waals surface area contributed by atoms with Gasteiger partial charge in [0, 0.05) is 24.9 Å². The van der Waals surface area contributed by atoms with Crippen molar-refractivity contribution in [1.82, 2.24) is 24.6 Å². The van der Waals surface area contributed by atoms with Gasteiger partial charge in [0.2, 0.25) is 0 Å². The molecular weight excluding hydrogens is 452 g/mol. The van der Waals surface area contributed by atoms with Crippen molar-refractivity contribution in [2.24, 2.45) is 0 Å². The van der Waals surface area contributed by atoms with Crippen LogP contribution >= 0.6 is 0 Å². The smallest absolute Gasteiger partial charge is 0.272 e. The average Bonchev–Trinajstić information content (AvgIpc) is 3.23. The normalized spacial score (nSPS) is 13.4. The number of hydrogen-bond acceptors (Lipinski definition) is 4. The highest BCUT2D eigenvalue weighted by molar-refractivity contribution is 5.95. The highest BCUT2D eigenvalue weighted by Crippen LogP contribution is 2.24. The molecule has 6 rings (SSSR count). The van der Waals surface area contributed by atoms with Gasteiger partial charge < -0.3 is 9.47 Å². The van der Waals surface area contributed by atoms with Gasteiger partial charge in [-0.05, 0) is 42.0 Å². The summed E-state index contributed by atoms with van der Waals surface area (Å²) in [6.45, 7) is 0.990. The molecule has 0 atom stereocenters. The third-order valence-electron chi connectivity index (χ3n) is 6.41. The molecule has 1 aliphatic rings. The molecule has 5 aromatic rings. The summed E-state index contributed by atoms with van der Waals surface area (Å²) >= 11 is 0. The first-order valence-electron chi connectivity index (χ1n) is 11.2. The van der Waals surface area contributed by atoms with Crippen molar-refractivity contribution < 1.29 is 13.6 Å². The predicted molar refractivity (Wildman–Crippen MR) is 126 cm³/mol. The third kappa shape index (κ3) is 3.65. The van der Waals surface area contributed by atoms with E-state index >= 15 is 0 Å². The first-order valence-corrected chi connectivity index (χ1v) is 11.2. The van der Waals surface area contributed by atoms with Gasteiger partial charge in [-0.15, -0.1) is 0 Å². The van der Waals surface area contributed by atoms with Crippen LogP contribution in [0.5, 0.6) is 0 Å². The Hall–Kier alpha value is -4.40. The lowest BCUT2D eigenvalue weighted by atomic mass is 10.0. The number of aromatic nitrogens is 4. The quantitative estimate of drug-likeness (QED) is 0.434. The van der Waals surface area contributed by atoms with Crippen LogP contribution in [0.25, 0.3) is 21.8 Å². The highest BCUT2D eigenvalue weighted by Gasteiger charge is 2.26. The zero-order chi connectivity index (χ0) is 24.1. The number of halogens is 2. The summed E-state index contributed by atoms with van der Waals surface area (Å²) in [7, 11) is 0. The molecule has 1 aliphatic heterocycles. The fourth-order valence-corrected chi connectivity index (χ4v) is 4.68. The van der Waals surface area contributed by atoms with Gasteiger partial charge in [0.25, 0.3) is 11.5 Å². The predicted octanol–water partition coefficient (Wildman–Crippen LogP) is 3.80. The number of rotatable bonds is 3. The summed E-state index contributed by atoms with van der Waals surface area (Å²) < 4.78 is 30.3. The monoisotopic (exact) mass is 471 g/mol. The second-order valence-electron chi connectivity index (χ2n) is 8.58. The maximum Gasteiger partial charge on any atom is 0.272 e. The minimum absolute atomic E-state index is 0.0353. The molecule has 3 heterocycles. The first kappa shape index (κ1) is 21.2. The summed E-state index contributed by atoms with van der Waals surface area (Å²) in [6.07, 6.45) is 0.319. The lowest BCUT2D eigenvalue weighted by Crippen LogP contribution is -2.38. The molecule has 9 heteroatoms. The standard InChI is InChI=1S/C26H19F2N5O2/c27-16-6-8-21-23(13-16)33-10-9-32(14-24(33)29-21)26(35)19-11-15(5-7-20(19)28)12-22-17-3-1-2-4-18(17)25(34)31-30-22/h1-8,11,13H,9-10,12,14H2,(H,31,34). The summed E-state index contributed by atoms with van der Waals surface area (Å²) in [6, 6.07) is 15.9. The number of H-pyrrole nitrogens is 1. The minimum Gasteiger partial charge on any atom is -0.329 e. The third-order valence-corrected chi connectivity index (χ3v) is 6.41. The van der Waals surface area contributed by atoms with Crippen LogP contribution in [0.1, 0.15) is 27.4 Å². The second-order valence-corrected chi connectivity index (χ2v) is 8.58. The van der Waals surface area contributed by atoms with E-state index in [9.17, 15) is 18.4 Å². The fraction of sp³-hybridized carbons (Fsp3) is 0.154. The summed E-state index contributed by atoms with van der Waals surface area (Å²) in [5, 5.41) is 7.90.